The van der Waals surface area contributed by atoms with Gasteiger partial charge >= 0.3 is 5.97 Å². The van der Waals surface area contributed by atoms with Crippen LogP contribution in [0, 0.1) is 0 Å². The van der Waals surface area contributed by atoms with Crippen LogP contribution in [-0.2, 0) is 52.3 Å². The molecule has 0 saturated heterocycles. The van der Waals surface area contributed by atoms with Crippen molar-refractivity contribution in [2.75, 3.05) is 113 Å². The summed E-state index contributed by atoms with van der Waals surface area (Å²) in [6, 6.07) is -0.989. The molecular weight excluding hydrogens is 532 g/mol. The quantitative estimate of drug-likeness (QED) is 0.0938. The van der Waals surface area contributed by atoms with Crippen LogP contribution in [0.25, 0.3) is 0 Å². The van der Waals surface area contributed by atoms with Crippen molar-refractivity contribution in [2.45, 2.75) is 38.1 Å². The summed E-state index contributed by atoms with van der Waals surface area (Å²) in [7, 11) is 3.22. The zero-order valence-corrected chi connectivity index (χ0v) is 24.2. The average molecular weight is 583 g/mol. The van der Waals surface area contributed by atoms with Gasteiger partial charge in [0.2, 0.25) is 11.8 Å². The van der Waals surface area contributed by atoms with Crippen molar-refractivity contribution in [3.8, 4) is 0 Å². The molecule has 0 saturated carbocycles. The minimum absolute atomic E-state index is 0.0530. The third kappa shape index (κ3) is 27.6. The van der Waals surface area contributed by atoms with Gasteiger partial charge in [-0.05, 0) is 19.3 Å². The number of methoxy groups -OCH3 is 2. The van der Waals surface area contributed by atoms with Gasteiger partial charge in [-0.15, -0.1) is 0 Å². The summed E-state index contributed by atoms with van der Waals surface area (Å²) in [5, 5.41) is 14.7. The van der Waals surface area contributed by atoms with Gasteiger partial charge in [0.15, 0.2) is 0 Å². The standard InChI is InChI=1S/C26H50N2O12/c1-33-11-13-37-19-21-39-17-15-35-9-6-24(29)27-8-4-3-5-23(26(31)32)28-25(30)7-10-36-16-18-40-22-20-38-14-12-34-2/h23H,3-22H2,1-2H3,(H,27,29)(H,28,30)(H,31,32). The normalized spacial score (nSPS) is 11.8. The number of carboxylic acids is 1. The van der Waals surface area contributed by atoms with Gasteiger partial charge in [0.05, 0.1) is 92.5 Å². The van der Waals surface area contributed by atoms with Crippen molar-refractivity contribution < 1.29 is 57.4 Å². The molecular formula is C26H50N2O12. The molecule has 0 rings (SSSR count). The first kappa shape index (κ1) is 38.1. The Kier molecular flexibility index (Phi) is 28.6. The molecule has 0 aliphatic rings. The Morgan fingerprint density at radius 3 is 1.40 bits per heavy atom. The lowest BCUT2D eigenvalue weighted by Crippen LogP contribution is -2.41. The van der Waals surface area contributed by atoms with Gasteiger partial charge in [-0.25, -0.2) is 4.79 Å². The van der Waals surface area contributed by atoms with Crippen LogP contribution >= 0.6 is 0 Å². The molecule has 2 amide bonds. The third-order valence-electron chi connectivity index (χ3n) is 5.17. The van der Waals surface area contributed by atoms with Crippen molar-refractivity contribution >= 4 is 17.8 Å². The molecule has 0 aromatic rings. The average Bonchev–Trinajstić information content (AvgIpc) is 2.93. The zero-order valence-electron chi connectivity index (χ0n) is 24.2. The van der Waals surface area contributed by atoms with E-state index in [4.69, 9.17) is 37.9 Å². The highest BCUT2D eigenvalue weighted by atomic mass is 16.6. The molecule has 0 radical (unpaired) electrons. The molecule has 0 bridgehead atoms. The van der Waals surface area contributed by atoms with Gasteiger partial charge < -0.3 is 53.6 Å². The van der Waals surface area contributed by atoms with Crippen LogP contribution in [0.4, 0.5) is 0 Å². The van der Waals surface area contributed by atoms with Gasteiger partial charge in [-0.3, -0.25) is 9.59 Å². The van der Waals surface area contributed by atoms with Crippen molar-refractivity contribution in [1.82, 2.24) is 10.6 Å². The van der Waals surface area contributed by atoms with Crippen LogP contribution in [0.15, 0.2) is 0 Å². The van der Waals surface area contributed by atoms with Crippen LogP contribution in [0.5, 0.6) is 0 Å². The molecule has 0 aliphatic heterocycles. The molecule has 0 heterocycles. The third-order valence-corrected chi connectivity index (χ3v) is 5.17. The topological polar surface area (TPSA) is 169 Å². The molecule has 0 aromatic carbocycles. The molecule has 40 heavy (non-hydrogen) atoms. The molecule has 0 fully saturated rings. The second kappa shape index (κ2) is 30.1. The lowest BCUT2D eigenvalue weighted by Gasteiger charge is -2.15. The second-order valence-electron chi connectivity index (χ2n) is 8.46. The zero-order chi connectivity index (χ0) is 29.5. The maximum absolute atomic E-state index is 12.0. The predicted molar refractivity (Wildman–Crippen MR) is 144 cm³/mol. The Labute approximate surface area is 237 Å². The van der Waals surface area contributed by atoms with Gasteiger partial charge in [-0.1, -0.05) is 0 Å². The number of aliphatic carboxylic acids is 1. The first-order valence-corrected chi connectivity index (χ1v) is 13.7. The Bertz CT molecular complexity index is 612. The van der Waals surface area contributed by atoms with Gasteiger partial charge in [0.1, 0.15) is 6.04 Å². The number of carboxylic acid groups (broad SMARTS) is 1. The van der Waals surface area contributed by atoms with E-state index in [9.17, 15) is 19.5 Å². The van der Waals surface area contributed by atoms with Gasteiger partial charge in [0, 0.05) is 33.6 Å². The summed E-state index contributed by atoms with van der Waals surface area (Å²) in [4.78, 5) is 35.4. The molecule has 14 nitrogen and oxygen atoms in total. The fourth-order valence-corrected chi connectivity index (χ4v) is 3.01. The van der Waals surface area contributed by atoms with Gasteiger partial charge in [0.25, 0.3) is 0 Å². The minimum Gasteiger partial charge on any atom is -0.480 e. The van der Waals surface area contributed by atoms with Gasteiger partial charge in [-0.2, -0.15) is 0 Å². The molecule has 3 N–H and O–H groups in total. The second-order valence-corrected chi connectivity index (χ2v) is 8.46. The van der Waals surface area contributed by atoms with Crippen LogP contribution < -0.4 is 10.6 Å². The minimum atomic E-state index is -1.10. The predicted octanol–water partition coefficient (Wildman–Crippen LogP) is 0.0149. The van der Waals surface area contributed by atoms with Crippen molar-refractivity contribution in [3.05, 3.63) is 0 Å². The lowest BCUT2D eigenvalue weighted by molar-refractivity contribution is -0.142. The van der Waals surface area contributed by atoms with E-state index >= 15 is 0 Å². The van der Waals surface area contributed by atoms with E-state index in [2.05, 4.69) is 10.6 Å². The number of rotatable bonds is 31. The number of nitrogens with one attached hydrogen (secondary N) is 2. The Morgan fingerprint density at radius 2 is 0.975 bits per heavy atom. The highest BCUT2D eigenvalue weighted by Crippen LogP contribution is 2.02. The maximum Gasteiger partial charge on any atom is 0.326 e. The number of hydrogen-bond acceptors (Lipinski definition) is 11. The Hall–Kier alpha value is -1.91. The van der Waals surface area contributed by atoms with E-state index in [0.29, 0.717) is 98.7 Å². The Balaban J connectivity index is 3.64. The summed E-state index contributed by atoms with van der Waals surface area (Å²) in [6.45, 7) is 6.38. The van der Waals surface area contributed by atoms with E-state index in [1.807, 2.05) is 0 Å². The number of unbranched alkanes of at least 4 members (excludes halogenated alkanes) is 1. The van der Waals surface area contributed by atoms with Crippen molar-refractivity contribution in [2.24, 2.45) is 0 Å². The summed E-state index contributed by atoms with van der Waals surface area (Å²) in [5.41, 5.74) is 0. The number of hydrogen-bond donors (Lipinski definition) is 3. The summed E-state index contributed by atoms with van der Waals surface area (Å²) >= 11 is 0. The fourth-order valence-electron chi connectivity index (χ4n) is 3.01. The van der Waals surface area contributed by atoms with Crippen LogP contribution in [0.1, 0.15) is 32.1 Å². The lowest BCUT2D eigenvalue weighted by atomic mass is 10.1. The van der Waals surface area contributed by atoms with E-state index < -0.39 is 17.9 Å². The van der Waals surface area contributed by atoms with E-state index in [1.165, 1.54) is 0 Å². The highest BCUT2D eigenvalue weighted by molar-refractivity contribution is 5.83. The Morgan fingerprint density at radius 1 is 0.575 bits per heavy atom. The van der Waals surface area contributed by atoms with Crippen LogP contribution in [0.3, 0.4) is 0 Å². The number of amides is 2. The van der Waals surface area contributed by atoms with E-state index in [-0.39, 0.29) is 38.4 Å². The summed E-state index contributed by atoms with van der Waals surface area (Å²) in [5.74, 6) is -1.63. The first-order chi connectivity index (χ1) is 19.5. The van der Waals surface area contributed by atoms with Crippen LogP contribution in [-0.4, -0.2) is 142 Å². The molecule has 0 aromatic heterocycles. The van der Waals surface area contributed by atoms with Crippen LogP contribution in [0.2, 0.25) is 0 Å². The van der Waals surface area contributed by atoms with E-state index in [0.717, 1.165) is 0 Å². The van der Waals surface area contributed by atoms with Crippen molar-refractivity contribution in [1.29, 1.82) is 0 Å². The summed E-state index contributed by atoms with van der Waals surface area (Å²) in [6.07, 6.45) is 1.66. The SMILES string of the molecule is COCCOCCOCCOCCC(=O)NCCCCC(NC(=O)CCOCCOCCOCCOC)C(=O)O. The number of ether oxygens (including phenoxy) is 8. The molecule has 236 valence electrons. The molecule has 1 atom stereocenters. The number of carbonyl (C=O) groups excluding carboxylic acids is 2. The smallest absolute Gasteiger partial charge is 0.326 e. The first-order valence-electron chi connectivity index (χ1n) is 13.7. The monoisotopic (exact) mass is 582 g/mol. The largest absolute Gasteiger partial charge is 0.480 e. The molecule has 0 spiro atoms. The van der Waals surface area contributed by atoms with Crippen molar-refractivity contribution in [3.63, 3.8) is 0 Å². The maximum atomic E-state index is 12.0. The highest BCUT2D eigenvalue weighted by Gasteiger charge is 2.19. The summed E-state index contributed by atoms with van der Waals surface area (Å²) < 4.78 is 41.6. The van der Waals surface area contributed by atoms with E-state index in [1.54, 1.807) is 14.2 Å². The molecule has 14 heteroatoms. The fraction of sp³-hybridized carbons (Fsp3) is 0.885. The molecule has 1 unspecified atom stereocenters. The number of carbonyl (C=O) groups is 3. The molecule has 0 aliphatic carbocycles.